The maximum atomic E-state index is 12.7. The molecular weight excluding hydrogens is 338 g/mol. The quantitative estimate of drug-likeness (QED) is 0.856. The number of benzene rings is 1. The monoisotopic (exact) mass is 365 g/mol. The molecule has 2 heterocycles. The lowest BCUT2D eigenvalue weighted by Gasteiger charge is -2.49. The van der Waals surface area contributed by atoms with Gasteiger partial charge >= 0.3 is 0 Å². The van der Waals surface area contributed by atoms with Crippen LogP contribution in [0.1, 0.15) is 49.8 Å². The van der Waals surface area contributed by atoms with Gasteiger partial charge in [-0.15, -0.1) is 0 Å². The van der Waals surface area contributed by atoms with Crippen LogP contribution in [0.5, 0.6) is 0 Å². The largest absolute Gasteiger partial charge is 0.350 e. The van der Waals surface area contributed by atoms with Crippen LogP contribution in [0.4, 0.5) is 0 Å². The minimum Gasteiger partial charge on any atom is -0.350 e. The molecule has 1 N–H and O–H groups in total. The number of aromatic nitrogens is 1. The topological polar surface area (TPSA) is 62.3 Å². The number of hydrogen-bond donors (Lipinski definition) is 1. The van der Waals surface area contributed by atoms with Crippen LogP contribution in [0.25, 0.3) is 0 Å². The Kier molecular flexibility index (Phi) is 5.59. The van der Waals surface area contributed by atoms with Crippen molar-refractivity contribution in [1.29, 1.82) is 0 Å². The number of amides is 2. The maximum Gasteiger partial charge on any atom is 0.246 e. The normalized spacial score (nSPS) is 18.9. The molecule has 0 aliphatic carbocycles. The zero-order valence-corrected chi connectivity index (χ0v) is 16.2. The second-order valence-corrected chi connectivity index (χ2v) is 7.69. The number of nitrogens with one attached hydrogen (secondary N) is 1. The smallest absolute Gasteiger partial charge is 0.246 e. The molecule has 1 aromatic heterocycles. The van der Waals surface area contributed by atoms with Gasteiger partial charge in [0.15, 0.2) is 0 Å². The number of likely N-dealkylation sites (tertiary alicyclic amines) is 1. The molecule has 0 bridgehead atoms. The van der Waals surface area contributed by atoms with Gasteiger partial charge in [-0.3, -0.25) is 14.6 Å². The molecule has 5 heteroatoms. The Balaban J connectivity index is 1.59. The number of nitrogens with zero attached hydrogens (tertiary/aromatic N) is 2. The van der Waals surface area contributed by atoms with Gasteiger partial charge in [-0.05, 0) is 42.0 Å². The Hall–Kier alpha value is -2.69. The van der Waals surface area contributed by atoms with E-state index in [2.05, 4.69) is 36.3 Å². The molecule has 0 saturated carbocycles. The zero-order chi connectivity index (χ0) is 19.4. The first-order valence-corrected chi connectivity index (χ1v) is 9.46. The lowest BCUT2D eigenvalue weighted by atomic mass is 9.84. The standard InChI is InChI=1S/C22H27N3O2/c1-16(2)19-8-6-17(7-9-19)13-20(26)25-12-10-22(25,3)21(27)24-15-18-5-4-11-23-14-18/h4-9,11,14,16H,10,12-13,15H2,1-3H3,(H,24,27). The fourth-order valence-electron chi connectivity index (χ4n) is 3.36. The third kappa shape index (κ3) is 4.18. The van der Waals surface area contributed by atoms with Gasteiger partial charge in [-0.1, -0.05) is 44.2 Å². The van der Waals surface area contributed by atoms with Crippen LogP contribution in [-0.2, 0) is 22.6 Å². The Labute approximate surface area is 160 Å². The summed E-state index contributed by atoms with van der Waals surface area (Å²) in [4.78, 5) is 31.2. The summed E-state index contributed by atoms with van der Waals surface area (Å²) in [5.74, 6) is 0.357. The van der Waals surface area contributed by atoms with Gasteiger partial charge in [0.05, 0.1) is 6.42 Å². The minimum atomic E-state index is -0.767. The third-order valence-corrected chi connectivity index (χ3v) is 5.39. The second-order valence-electron chi connectivity index (χ2n) is 7.69. The molecule has 142 valence electrons. The molecule has 1 fully saturated rings. The van der Waals surface area contributed by atoms with Crippen molar-refractivity contribution in [1.82, 2.24) is 15.2 Å². The van der Waals surface area contributed by atoms with Crippen molar-refractivity contribution >= 4 is 11.8 Å². The average molecular weight is 365 g/mol. The molecule has 0 spiro atoms. The summed E-state index contributed by atoms with van der Waals surface area (Å²) >= 11 is 0. The maximum absolute atomic E-state index is 12.7. The molecule has 1 unspecified atom stereocenters. The first kappa shape index (κ1) is 19.1. The molecule has 2 aromatic rings. The Morgan fingerprint density at radius 3 is 2.48 bits per heavy atom. The molecule has 1 aromatic carbocycles. The first-order chi connectivity index (χ1) is 12.9. The summed E-state index contributed by atoms with van der Waals surface area (Å²) in [5, 5.41) is 2.94. The van der Waals surface area contributed by atoms with Crippen molar-refractivity contribution in [3.63, 3.8) is 0 Å². The third-order valence-electron chi connectivity index (χ3n) is 5.39. The van der Waals surface area contributed by atoms with Crippen LogP contribution in [0.3, 0.4) is 0 Å². The van der Waals surface area contributed by atoms with Crippen LogP contribution < -0.4 is 5.32 Å². The lowest BCUT2D eigenvalue weighted by molar-refractivity contribution is -0.157. The number of rotatable bonds is 6. The van der Waals surface area contributed by atoms with Crippen molar-refractivity contribution in [2.45, 2.75) is 51.6 Å². The van der Waals surface area contributed by atoms with Gasteiger partial charge < -0.3 is 10.2 Å². The van der Waals surface area contributed by atoms with E-state index in [0.29, 0.717) is 31.8 Å². The van der Waals surface area contributed by atoms with Crippen molar-refractivity contribution in [2.24, 2.45) is 0 Å². The van der Waals surface area contributed by atoms with Gasteiger partial charge in [0.2, 0.25) is 11.8 Å². The Morgan fingerprint density at radius 1 is 1.19 bits per heavy atom. The van der Waals surface area contributed by atoms with Crippen molar-refractivity contribution < 1.29 is 9.59 Å². The van der Waals surface area contributed by atoms with Gasteiger partial charge in [0, 0.05) is 25.5 Å². The van der Waals surface area contributed by atoms with Crippen LogP contribution >= 0.6 is 0 Å². The number of carbonyl (C=O) groups is 2. The van der Waals surface area contributed by atoms with E-state index in [1.165, 1.54) is 5.56 Å². The van der Waals surface area contributed by atoms with Crippen LogP contribution in [0, 0.1) is 0 Å². The fraction of sp³-hybridized carbons (Fsp3) is 0.409. The average Bonchev–Trinajstić information content (AvgIpc) is 2.65. The summed E-state index contributed by atoms with van der Waals surface area (Å²) in [6.07, 6.45) is 4.44. The number of pyridine rings is 1. The van der Waals surface area contributed by atoms with Gasteiger partial charge in [-0.25, -0.2) is 0 Å². The number of hydrogen-bond acceptors (Lipinski definition) is 3. The van der Waals surface area contributed by atoms with E-state index in [-0.39, 0.29) is 11.8 Å². The molecule has 1 atom stereocenters. The molecule has 3 rings (SSSR count). The predicted octanol–water partition coefficient (Wildman–Crippen LogP) is 3.05. The molecule has 27 heavy (non-hydrogen) atoms. The SMILES string of the molecule is CC(C)c1ccc(CC(=O)N2CCC2(C)C(=O)NCc2cccnc2)cc1. The highest BCUT2D eigenvalue weighted by atomic mass is 16.2. The summed E-state index contributed by atoms with van der Waals surface area (Å²) in [6, 6.07) is 11.9. The van der Waals surface area contributed by atoms with Gasteiger partial charge in [0.25, 0.3) is 0 Å². The highest BCUT2D eigenvalue weighted by Gasteiger charge is 2.48. The molecule has 5 nitrogen and oxygen atoms in total. The predicted molar refractivity (Wildman–Crippen MR) is 105 cm³/mol. The Bertz CT molecular complexity index is 802. The van der Waals surface area contributed by atoms with E-state index in [9.17, 15) is 9.59 Å². The van der Waals surface area contributed by atoms with Crippen molar-refractivity contribution in [3.8, 4) is 0 Å². The van der Waals surface area contributed by atoms with Gasteiger partial charge in [0.1, 0.15) is 5.54 Å². The Morgan fingerprint density at radius 2 is 1.93 bits per heavy atom. The van der Waals surface area contributed by atoms with E-state index in [1.54, 1.807) is 17.3 Å². The highest BCUT2D eigenvalue weighted by Crippen LogP contribution is 2.31. The zero-order valence-electron chi connectivity index (χ0n) is 16.2. The summed E-state index contributed by atoms with van der Waals surface area (Å²) in [5.41, 5.74) is 2.41. The fourth-order valence-corrected chi connectivity index (χ4v) is 3.36. The summed E-state index contributed by atoms with van der Waals surface area (Å²) in [6.45, 7) is 7.18. The van der Waals surface area contributed by atoms with Crippen LogP contribution in [-0.4, -0.2) is 33.8 Å². The molecule has 1 aliphatic heterocycles. The highest BCUT2D eigenvalue weighted by molar-refractivity contribution is 5.93. The summed E-state index contributed by atoms with van der Waals surface area (Å²) < 4.78 is 0. The van der Waals surface area contributed by atoms with Crippen LogP contribution in [0.15, 0.2) is 48.8 Å². The second kappa shape index (κ2) is 7.91. The number of carbonyl (C=O) groups excluding carboxylic acids is 2. The first-order valence-electron chi connectivity index (χ1n) is 9.46. The van der Waals surface area contributed by atoms with Gasteiger partial charge in [-0.2, -0.15) is 0 Å². The molecular formula is C22H27N3O2. The van der Waals surface area contributed by atoms with E-state index in [4.69, 9.17) is 0 Å². The van der Waals surface area contributed by atoms with E-state index in [1.807, 2.05) is 31.2 Å². The van der Waals surface area contributed by atoms with Crippen molar-refractivity contribution in [2.75, 3.05) is 6.54 Å². The van der Waals surface area contributed by atoms with E-state index >= 15 is 0 Å². The molecule has 0 radical (unpaired) electrons. The molecule has 2 amide bonds. The van der Waals surface area contributed by atoms with Crippen molar-refractivity contribution in [3.05, 3.63) is 65.5 Å². The van der Waals surface area contributed by atoms with Crippen LogP contribution in [0.2, 0.25) is 0 Å². The van der Waals surface area contributed by atoms with E-state index < -0.39 is 5.54 Å². The molecule has 1 aliphatic rings. The minimum absolute atomic E-state index is 0.00225. The lowest BCUT2D eigenvalue weighted by Crippen LogP contribution is -2.67. The summed E-state index contributed by atoms with van der Waals surface area (Å²) in [7, 11) is 0. The van der Waals surface area contributed by atoms with E-state index in [0.717, 1.165) is 11.1 Å². The molecule has 1 saturated heterocycles.